The Labute approximate surface area is 251 Å². The van der Waals surface area contributed by atoms with Gasteiger partial charge in [-0.1, -0.05) is 37.3 Å². The number of ether oxygens (including phenoxy) is 2. The molecule has 0 saturated heterocycles. The van der Waals surface area contributed by atoms with Crippen LogP contribution in [-0.2, 0) is 11.3 Å². The van der Waals surface area contributed by atoms with Crippen LogP contribution in [0, 0.1) is 5.92 Å². The third-order valence-corrected chi connectivity index (χ3v) is 7.52. The van der Waals surface area contributed by atoms with Crippen LogP contribution >= 0.6 is 0 Å². The number of benzene rings is 2. The Morgan fingerprint density at radius 2 is 1.86 bits per heavy atom. The summed E-state index contributed by atoms with van der Waals surface area (Å²) in [5.74, 6) is 0.204. The molecule has 0 aromatic heterocycles. The van der Waals surface area contributed by atoms with Gasteiger partial charge < -0.3 is 30.1 Å². The summed E-state index contributed by atoms with van der Waals surface area (Å²) in [6, 6.07) is 14.7. The minimum Gasteiger partial charge on any atom is -0.490 e. The van der Waals surface area contributed by atoms with Gasteiger partial charge in [-0.05, 0) is 77.8 Å². The molecule has 42 heavy (non-hydrogen) atoms. The smallest absolute Gasteiger partial charge is 0.319 e. The molecular formula is C33H50N4O5. The zero-order valence-electron chi connectivity index (χ0n) is 26.1. The van der Waals surface area contributed by atoms with Crippen molar-refractivity contribution < 1.29 is 24.2 Å². The SMILES string of the molecule is CC(C)NC(=O)Nc1ccc2c(c1)C(=O)N([C@H](C)CO)C[C@H](C)[C@H](CN(C)Cc1ccccc1)OCCCC[C@@H](C)O2. The van der Waals surface area contributed by atoms with Gasteiger partial charge in [0.15, 0.2) is 0 Å². The standard InChI is InChI=1S/C33H50N4O5/c1-23(2)34-33(40)35-28-15-16-30-29(18-28)32(39)37(25(4)22-38)19-24(3)31(41-17-11-10-12-26(5)42-30)21-36(6)20-27-13-8-7-9-14-27/h7-9,13-16,18,23-26,31,38H,10-12,17,19-22H2,1-6H3,(H2,34,35,40)/t24-,25+,26+,31-/m0/s1. The van der Waals surface area contributed by atoms with E-state index in [9.17, 15) is 14.7 Å². The van der Waals surface area contributed by atoms with Crippen LogP contribution in [0.4, 0.5) is 10.5 Å². The van der Waals surface area contributed by atoms with Crippen molar-refractivity contribution in [3.63, 3.8) is 0 Å². The summed E-state index contributed by atoms with van der Waals surface area (Å²) in [5, 5.41) is 15.8. The van der Waals surface area contributed by atoms with Crippen molar-refractivity contribution in [2.75, 3.05) is 38.7 Å². The third kappa shape index (κ3) is 10.3. The predicted molar refractivity (Wildman–Crippen MR) is 167 cm³/mol. The van der Waals surface area contributed by atoms with Gasteiger partial charge in [0.25, 0.3) is 5.91 Å². The predicted octanol–water partition coefficient (Wildman–Crippen LogP) is 5.14. The average molecular weight is 583 g/mol. The number of anilines is 1. The molecular weight excluding hydrogens is 532 g/mol. The molecule has 3 amide bonds. The summed E-state index contributed by atoms with van der Waals surface area (Å²) >= 11 is 0. The zero-order valence-corrected chi connectivity index (χ0v) is 26.1. The number of nitrogens with zero attached hydrogens (tertiary/aromatic N) is 2. The fourth-order valence-corrected chi connectivity index (χ4v) is 5.16. The summed E-state index contributed by atoms with van der Waals surface area (Å²) < 4.78 is 12.7. The maximum atomic E-state index is 14.2. The summed E-state index contributed by atoms with van der Waals surface area (Å²) in [4.78, 5) is 30.6. The van der Waals surface area contributed by atoms with Crippen LogP contribution in [-0.4, -0.2) is 84.5 Å². The van der Waals surface area contributed by atoms with Crippen molar-refractivity contribution in [1.29, 1.82) is 0 Å². The van der Waals surface area contributed by atoms with Gasteiger partial charge in [-0.25, -0.2) is 4.79 Å². The second-order valence-corrected chi connectivity index (χ2v) is 11.9. The van der Waals surface area contributed by atoms with E-state index in [0.717, 1.165) is 25.8 Å². The molecule has 0 spiro atoms. The number of nitrogens with one attached hydrogen (secondary N) is 2. The fourth-order valence-electron chi connectivity index (χ4n) is 5.16. The molecule has 0 aliphatic carbocycles. The average Bonchev–Trinajstić information content (AvgIpc) is 2.94. The number of amides is 3. The highest BCUT2D eigenvalue weighted by atomic mass is 16.5. The van der Waals surface area contributed by atoms with Crippen LogP contribution in [0.15, 0.2) is 48.5 Å². The molecule has 0 radical (unpaired) electrons. The molecule has 3 rings (SSSR count). The summed E-state index contributed by atoms with van der Waals surface area (Å²) in [7, 11) is 2.09. The number of aliphatic hydroxyl groups is 1. The third-order valence-electron chi connectivity index (χ3n) is 7.52. The van der Waals surface area contributed by atoms with E-state index in [0.29, 0.717) is 36.7 Å². The molecule has 9 nitrogen and oxygen atoms in total. The Bertz CT molecular complexity index is 1130. The van der Waals surface area contributed by atoms with E-state index in [-0.39, 0.29) is 42.7 Å². The minimum atomic E-state index is -0.429. The lowest BCUT2D eigenvalue weighted by molar-refractivity contribution is -0.0177. The lowest BCUT2D eigenvalue weighted by Gasteiger charge is -2.36. The Morgan fingerprint density at radius 3 is 2.55 bits per heavy atom. The van der Waals surface area contributed by atoms with Gasteiger partial charge in [0.05, 0.1) is 30.4 Å². The van der Waals surface area contributed by atoms with E-state index in [1.54, 1.807) is 23.1 Å². The van der Waals surface area contributed by atoms with Crippen LogP contribution in [0.1, 0.15) is 69.8 Å². The molecule has 1 aliphatic heterocycles. The number of aliphatic hydroxyl groups excluding tert-OH is 1. The lowest BCUT2D eigenvalue weighted by Crippen LogP contribution is -2.47. The summed E-state index contributed by atoms with van der Waals surface area (Å²) in [6.45, 7) is 12.1. The quantitative estimate of drug-likeness (QED) is 0.398. The number of carbonyl (C=O) groups is 2. The normalized spacial score (nSPS) is 21.3. The molecule has 0 fully saturated rings. The van der Waals surface area contributed by atoms with Crippen molar-refractivity contribution in [2.45, 2.75) is 84.7 Å². The Kier molecular flexibility index (Phi) is 13.1. The molecule has 1 heterocycles. The second-order valence-electron chi connectivity index (χ2n) is 11.9. The largest absolute Gasteiger partial charge is 0.490 e. The van der Waals surface area contributed by atoms with E-state index in [4.69, 9.17) is 9.47 Å². The number of hydrogen-bond donors (Lipinski definition) is 3. The summed E-state index contributed by atoms with van der Waals surface area (Å²) in [6.07, 6.45) is 2.45. The van der Waals surface area contributed by atoms with E-state index >= 15 is 0 Å². The van der Waals surface area contributed by atoms with Crippen LogP contribution in [0.25, 0.3) is 0 Å². The van der Waals surface area contributed by atoms with Gasteiger partial charge in [0.2, 0.25) is 0 Å². The second kappa shape index (κ2) is 16.5. The zero-order chi connectivity index (χ0) is 30.6. The minimum absolute atomic E-state index is 0.00877. The number of hydrogen-bond acceptors (Lipinski definition) is 6. The first kappa shape index (κ1) is 33.4. The first-order valence-electron chi connectivity index (χ1n) is 15.2. The molecule has 9 heteroatoms. The Balaban J connectivity index is 1.90. The number of urea groups is 1. The van der Waals surface area contributed by atoms with Gasteiger partial charge in [0.1, 0.15) is 5.75 Å². The number of fused-ring (bicyclic) bond motifs is 1. The van der Waals surface area contributed by atoms with Gasteiger partial charge in [-0.2, -0.15) is 0 Å². The van der Waals surface area contributed by atoms with E-state index in [1.165, 1.54) is 5.56 Å². The van der Waals surface area contributed by atoms with Gasteiger partial charge in [-0.3, -0.25) is 9.69 Å². The highest BCUT2D eigenvalue weighted by Gasteiger charge is 2.30. The van der Waals surface area contributed by atoms with Crippen molar-refractivity contribution >= 4 is 17.6 Å². The van der Waals surface area contributed by atoms with Crippen LogP contribution in [0.3, 0.4) is 0 Å². The van der Waals surface area contributed by atoms with E-state index < -0.39 is 6.04 Å². The topological polar surface area (TPSA) is 103 Å². The van der Waals surface area contributed by atoms with Crippen molar-refractivity contribution in [1.82, 2.24) is 15.1 Å². The maximum absolute atomic E-state index is 14.2. The van der Waals surface area contributed by atoms with E-state index in [1.807, 2.05) is 45.9 Å². The van der Waals surface area contributed by atoms with E-state index in [2.05, 4.69) is 41.6 Å². The Hall–Kier alpha value is -3.14. The van der Waals surface area contributed by atoms with Crippen LogP contribution in [0.2, 0.25) is 0 Å². The highest BCUT2D eigenvalue weighted by molar-refractivity contribution is 5.99. The number of likely N-dealkylation sites (N-methyl/N-ethyl adjacent to an activating group) is 1. The van der Waals surface area contributed by atoms with Gasteiger partial charge in [-0.15, -0.1) is 0 Å². The van der Waals surface area contributed by atoms with Crippen molar-refractivity contribution in [2.24, 2.45) is 5.92 Å². The maximum Gasteiger partial charge on any atom is 0.319 e. The number of carbonyl (C=O) groups excluding carboxylic acids is 2. The molecule has 0 unspecified atom stereocenters. The van der Waals surface area contributed by atoms with Gasteiger partial charge in [0, 0.05) is 43.9 Å². The molecule has 2 aromatic rings. The van der Waals surface area contributed by atoms with Crippen LogP contribution in [0.5, 0.6) is 5.75 Å². The van der Waals surface area contributed by atoms with Crippen LogP contribution < -0.4 is 15.4 Å². The monoisotopic (exact) mass is 582 g/mol. The summed E-state index contributed by atoms with van der Waals surface area (Å²) in [5.41, 5.74) is 2.08. The molecule has 0 bridgehead atoms. The lowest BCUT2D eigenvalue weighted by atomic mass is 10.0. The molecule has 1 aliphatic rings. The fraction of sp³-hybridized carbons (Fsp3) is 0.576. The first-order chi connectivity index (χ1) is 20.1. The molecule has 2 aromatic carbocycles. The van der Waals surface area contributed by atoms with Crippen molar-refractivity contribution in [3.8, 4) is 5.75 Å². The van der Waals surface area contributed by atoms with Gasteiger partial charge >= 0.3 is 6.03 Å². The Morgan fingerprint density at radius 1 is 1.12 bits per heavy atom. The molecule has 4 atom stereocenters. The first-order valence-corrected chi connectivity index (χ1v) is 15.2. The highest BCUT2D eigenvalue weighted by Crippen LogP contribution is 2.28. The molecule has 232 valence electrons. The van der Waals surface area contributed by atoms with Crippen molar-refractivity contribution in [3.05, 3.63) is 59.7 Å². The molecule has 3 N–H and O–H groups in total. The molecule has 0 saturated carbocycles. The number of rotatable bonds is 8.